The van der Waals surface area contributed by atoms with Gasteiger partial charge in [-0.2, -0.15) is 5.10 Å². The van der Waals surface area contributed by atoms with Gasteiger partial charge in [0.2, 0.25) is 5.91 Å². The highest BCUT2D eigenvalue weighted by Gasteiger charge is 2.32. The fraction of sp³-hybridized carbons (Fsp3) is 0.571. The van der Waals surface area contributed by atoms with Gasteiger partial charge in [0.1, 0.15) is 5.82 Å². The van der Waals surface area contributed by atoms with E-state index in [4.69, 9.17) is 4.74 Å². The molecule has 1 aromatic heterocycles. The van der Waals surface area contributed by atoms with Crippen LogP contribution in [0.3, 0.4) is 0 Å². The number of ether oxygens (including phenoxy) is 1. The van der Waals surface area contributed by atoms with Gasteiger partial charge in [-0.1, -0.05) is 30.3 Å². The van der Waals surface area contributed by atoms with Crippen LogP contribution in [0.1, 0.15) is 43.0 Å². The van der Waals surface area contributed by atoms with E-state index in [0.717, 1.165) is 43.6 Å². The summed E-state index contributed by atoms with van der Waals surface area (Å²) in [6, 6.07) is 9.96. The maximum atomic E-state index is 13.0. The molecule has 0 aliphatic carbocycles. The number of rotatable bonds is 4. The van der Waals surface area contributed by atoms with Crippen LogP contribution in [0, 0.1) is 5.92 Å². The average molecular weight is 384 g/mol. The van der Waals surface area contributed by atoms with E-state index >= 15 is 0 Å². The zero-order valence-corrected chi connectivity index (χ0v) is 16.4. The minimum Gasteiger partial charge on any atom is -0.381 e. The minimum atomic E-state index is -0.105. The minimum absolute atomic E-state index is 0.0720. The molecule has 2 aromatic rings. The van der Waals surface area contributed by atoms with Crippen LogP contribution in [0.2, 0.25) is 0 Å². The van der Waals surface area contributed by atoms with E-state index in [2.05, 4.69) is 5.10 Å². The molecule has 0 radical (unpaired) electrons. The fourth-order valence-electron chi connectivity index (χ4n) is 4.33. The third kappa shape index (κ3) is 3.90. The Labute approximate surface area is 164 Å². The summed E-state index contributed by atoms with van der Waals surface area (Å²) in [7, 11) is 1.70. The number of benzene rings is 1. The number of aryl methyl sites for hydroxylation is 1. The van der Waals surface area contributed by atoms with Crippen molar-refractivity contribution in [3.8, 4) is 0 Å². The topological polar surface area (TPSA) is 69.4 Å². The van der Waals surface area contributed by atoms with E-state index in [0.29, 0.717) is 26.3 Å². The van der Waals surface area contributed by atoms with E-state index in [1.54, 1.807) is 11.6 Å². The largest absolute Gasteiger partial charge is 0.381 e. The third-order valence-corrected chi connectivity index (χ3v) is 5.89. The molecule has 2 fully saturated rings. The van der Waals surface area contributed by atoms with Crippen molar-refractivity contribution in [1.29, 1.82) is 0 Å². The molecule has 4 rings (SSSR count). The second-order valence-corrected chi connectivity index (χ2v) is 7.85. The lowest BCUT2D eigenvalue weighted by Gasteiger charge is -2.35. The van der Waals surface area contributed by atoms with Crippen molar-refractivity contribution in [2.24, 2.45) is 13.0 Å². The molecule has 1 unspecified atom stereocenters. The predicted octanol–water partition coefficient (Wildman–Crippen LogP) is 1.76. The number of piperidine rings is 1. The van der Waals surface area contributed by atoms with Gasteiger partial charge in [-0.25, -0.2) is 9.48 Å². The van der Waals surface area contributed by atoms with Gasteiger partial charge in [-0.3, -0.25) is 9.36 Å². The molecule has 0 N–H and O–H groups in total. The Morgan fingerprint density at radius 2 is 1.93 bits per heavy atom. The Morgan fingerprint density at radius 3 is 2.68 bits per heavy atom. The quantitative estimate of drug-likeness (QED) is 0.806. The summed E-state index contributed by atoms with van der Waals surface area (Å²) in [6.45, 7) is 3.28. The van der Waals surface area contributed by atoms with Gasteiger partial charge in [-0.05, 0) is 31.2 Å². The first-order chi connectivity index (χ1) is 13.6. The summed E-state index contributed by atoms with van der Waals surface area (Å²) in [4.78, 5) is 27.6. The molecule has 7 nitrogen and oxygen atoms in total. The molecular weight excluding hydrogens is 356 g/mol. The lowest BCUT2D eigenvalue weighted by atomic mass is 9.93. The van der Waals surface area contributed by atoms with E-state index in [9.17, 15) is 9.59 Å². The Hall–Kier alpha value is -2.41. The molecule has 3 heterocycles. The van der Waals surface area contributed by atoms with Gasteiger partial charge in [0, 0.05) is 45.2 Å². The highest BCUT2D eigenvalue weighted by molar-refractivity contribution is 5.79. The van der Waals surface area contributed by atoms with Gasteiger partial charge >= 0.3 is 5.69 Å². The lowest BCUT2D eigenvalue weighted by Crippen LogP contribution is -2.44. The molecule has 1 atom stereocenters. The van der Waals surface area contributed by atoms with E-state index in [-0.39, 0.29) is 23.4 Å². The van der Waals surface area contributed by atoms with Crippen molar-refractivity contribution in [3.63, 3.8) is 0 Å². The molecule has 1 amide bonds. The maximum absolute atomic E-state index is 13.0. The standard InChI is InChI=1S/C21H28N4O3/c1-23-21(27)25(14-16-6-3-2-4-7-16)19(22-23)18-8-5-11-24(15-18)20(26)17-9-12-28-13-10-17/h2-4,6-7,17-18H,5,8-15H2,1H3. The van der Waals surface area contributed by atoms with Crippen LogP contribution < -0.4 is 5.69 Å². The third-order valence-electron chi connectivity index (χ3n) is 5.89. The predicted molar refractivity (Wildman–Crippen MR) is 105 cm³/mol. The van der Waals surface area contributed by atoms with Crippen LogP contribution in [0.5, 0.6) is 0 Å². The highest BCUT2D eigenvalue weighted by atomic mass is 16.5. The zero-order valence-electron chi connectivity index (χ0n) is 16.4. The molecule has 2 aliphatic rings. The molecule has 0 bridgehead atoms. The zero-order chi connectivity index (χ0) is 19.5. The number of amides is 1. The maximum Gasteiger partial charge on any atom is 0.345 e. The summed E-state index contributed by atoms with van der Waals surface area (Å²) in [6.07, 6.45) is 3.50. The first-order valence-electron chi connectivity index (χ1n) is 10.2. The molecule has 2 aliphatic heterocycles. The van der Waals surface area contributed by atoms with Crippen LogP contribution >= 0.6 is 0 Å². The Bertz CT molecular complexity index is 868. The summed E-state index contributed by atoms with van der Waals surface area (Å²) >= 11 is 0. The Morgan fingerprint density at radius 1 is 1.18 bits per heavy atom. The second kappa shape index (κ2) is 8.31. The first kappa shape index (κ1) is 18.9. The van der Waals surface area contributed by atoms with Crippen molar-refractivity contribution in [3.05, 3.63) is 52.2 Å². The van der Waals surface area contributed by atoms with E-state index < -0.39 is 0 Å². The number of carbonyl (C=O) groups is 1. The number of aromatic nitrogens is 3. The van der Waals surface area contributed by atoms with Crippen molar-refractivity contribution in [1.82, 2.24) is 19.2 Å². The SMILES string of the molecule is Cn1nc(C2CCCN(C(=O)C3CCOCC3)C2)n(Cc2ccccc2)c1=O. The second-order valence-electron chi connectivity index (χ2n) is 7.85. The Kier molecular flexibility index (Phi) is 5.62. The van der Waals surface area contributed by atoms with Crippen molar-refractivity contribution < 1.29 is 9.53 Å². The van der Waals surface area contributed by atoms with Gasteiger partial charge in [-0.15, -0.1) is 0 Å². The van der Waals surface area contributed by atoms with Crippen molar-refractivity contribution in [2.75, 3.05) is 26.3 Å². The van der Waals surface area contributed by atoms with Crippen LogP contribution in [0.25, 0.3) is 0 Å². The summed E-state index contributed by atoms with van der Waals surface area (Å²) < 4.78 is 8.57. The van der Waals surface area contributed by atoms with Gasteiger partial charge < -0.3 is 9.64 Å². The fourth-order valence-corrected chi connectivity index (χ4v) is 4.33. The smallest absolute Gasteiger partial charge is 0.345 e. The summed E-state index contributed by atoms with van der Waals surface area (Å²) in [5.74, 6) is 1.19. The number of likely N-dealkylation sites (tertiary alicyclic amines) is 1. The molecule has 1 aromatic carbocycles. The number of hydrogen-bond donors (Lipinski definition) is 0. The summed E-state index contributed by atoms with van der Waals surface area (Å²) in [5.41, 5.74) is 0.969. The van der Waals surface area contributed by atoms with Crippen LogP contribution in [0.15, 0.2) is 35.1 Å². The molecule has 0 spiro atoms. The van der Waals surface area contributed by atoms with Crippen LogP contribution in [0.4, 0.5) is 0 Å². The molecule has 2 saturated heterocycles. The van der Waals surface area contributed by atoms with Crippen LogP contribution in [-0.4, -0.2) is 51.5 Å². The Balaban J connectivity index is 1.54. The van der Waals surface area contributed by atoms with Gasteiger partial charge in [0.25, 0.3) is 0 Å². The lowest BCUT2D eigenvalue weighted by molar-refractivity contribution is -0.139. The van der Waals surface area contributed by atoms with Gasteiger partial charge in [0.15, 0.2) is 0 Å². The molecule has 7 heteroatoms. The van der Waals surface area contributed by atoms with E-state index in [1.807, 2.05) is 35.2 Å². The van der Waals surface area contributed by atoms with E-state index in [1.165, 1.54) is 4.68 Å². The molecule has 0 saturated carbocycles. The average Bonchev–Trinajstić information content (AvgIpc) is 3.03. The monoisotopic (exact) mass is 384 g/mol. The molecule has 150 valence electrons. The van der Waals surface area contributed by atoms with Crippen molar-refractivity contribution in [2.45, 2.75) is 38.1 Å². The highest BCUT2D eigenvalue weighted by Crippen LogP contribution is 2.28. The number of nitrogens with zero attached hydrogens (tertiary/aromatic N) is 4. The number of carbonyl (C=O) groups excluding carboxylic acids is 1. The summed E-state index contributed by atoms with van der Waals surface area (Å²) in [5, 5.41) is 4.55. The molecule has 28 heavy (non-hydrogen) atoms. The normalized spacial score (nSPS) is 21.0. The van der Waals surface area contributed by atoms with Crippen molar-refractivity contribution >= 4 is 5.91 Å². The number of hydrogen-bond acceptors (Lipinski definition) is 4. The van der Waals surface area contributed by atoms with Crippen LogP contribution in [-0.2, 0) is 23.1 Å². The van der Waals surface area contributed by atoms with Gasteiger partial charge in [0.05, 0.1) is 6.54 Å². The first-order valence-corrected chi connectivity index (χ1v) is 10.2. The molecular formula is C21H28N4O3.